The number of nitrogens with zero attached hydrogens (tertiary/aromatic N) is 1. The Kier molecular flexibility index (Phi) is 6.45. The molecule has 2 rings (SSSR count). The monoisotopic (exact) mass is 395 g/mol. The van der Waals surface area contributed by atoms with Gasteiger partial charge in [0.2, 0.25) is 0 Å². The SMILES string of the molecule is Cc1ccc(NC(=S)NNC(=S)Nc2ccccc2[N+](=O)[O-])cc1Cl. The second kappa shape index (κ2) is 8.56. The molecule has 2 aromatic rings. The Morgan fingerprint density at radius 3 is 2.36 bits per heavy atom. The van der Waals surface area contributed by atoms with E-state index in [1.54, 1.807) is 24.3 Å². The summed E-state index contributed by atoms with van der Waals surface area (Å²) in [5.41, 5.74) is 7.21. The lowest BCUT2D eigenvalue weighted by atomic mass is 10.2. The topological polar surface area (TPSA) is 91.3 Å². The fourth-order valence-corrected chi connectivity index (χ4v) is 2.35. The highest BCUT2D eigenvalue weighted by Gasteiger charge is 2.13. The van der Waals surface area contributed by atoms with Gasteiger partial charge in [0.05, 0.1) is 4.92 Å². The molecule has 0 aliphatic rings. The summed E-state index contributed by atoms with van der Waals surface area (Å²) in [4.78, 5) is 10.5. The lowest BCUT2D eigenvalue weighted by Crippen LogP contribution is -2.45. The van der Waals surface area contributed by atoms with Crippen molar-refractivity contribution < 1.29 is 4.92 Å². The summed E-state index contributed by atoms with van der Waals surface area (Å²) in [5, 5.41) is 17.6. The van der Waals surface area contributed by atoms with Crippen LogP contribution < -0.4 is 21.5 Å². The summed E-state index contributed by atoms with van der Waals surface area (Å²) in [6.45, 7) is 1.90. The van der Waals surface area contributed by atoms with E-state index < -0.39 is 4.92 Å². The van der Waals surface area contributed by atoms with Crippen LogP contribution in [0.5, 0.6) is 0 Å². The third-order valence-corrected chi connectivity index (χ3v) is 3.88. The average molecular weight is 396 g/mol. The van der Waals surface area contributed by atoms with E-state index in [2.05, 4.69) is 21.5 Å². The summed E-state index contributed by atoms with van der Waals surface area (Å²) < 4.78 is 0. The number of aryl methyl sites for hydroxylation is 1. The van der Waals surface area contributed by atoms with E-state index in [9.17, 15) is 10.1 Å². The molecule has 130 valence electrons. The van der Waals surface area contributed by atoms with E-state index in [1.165, 1.54) is 6.07 Å². The van der Waals surface area contributed by atoms with E-state index in [0.717, 1.165) is 5.56 Å². The van der Waals surface area contributed by atoms with Crippen molar-refractivity contribution in [3.05, 3.63) is 63.2 Å². The van der Waals surface area contributed by atoms with Crippen LogP contribution in [0.1, 0.15) is 5.56 Å². The van der Waals surface area contributed by atoms with Crippen molar-refractivity contribution in [1.29, 1.82) is 0 Å². The van der Waals surface area contributed by atoms with Crippen LogP contribution in [-0.4, -0.2) is 15.1 Å². The van der Waals surface area contributed by atoms with Crippen LogP contribution in [0, 0.1) is 17.0 Å². The van der Waals surface area contributed by atoms with Gasteiger partial charge in [-0.15, -0.1) is 0 Å². The van der Waals surface area contributed by atoms with Crippen molar-refractivity contribution in [3.8, 4) is 0 Å². The van der Waals surface area contributed by atoms with Crippen molar-refractivity contribution in [1.82, 2.24) is 10.9 Å². The van der Waals surface area contributed by atoms with Gasteiger partial charge in [0.25, 0.3) is 5.69 Å². The van der Waals surface area contributed by atoms with Gasteiger partial charge in [-0.25, -0.2) is 0 Å². The first-order chi connectivity index (χ1) is 11.9. The number of rotatable bonds is 3. The number of thiocarbonyl (C=S) groups is 2. The Morgan fingerprint density at radius 2 is 1.72 bits per heavy atom. The number of halogens is 1. The average Bonchev–Trinajstić information content (AvgIpc) is 2.57. The highest BCUT2D eigenvalue weighted by atomic mass is 35.5. The number of nitrogens with one attached hydrogen (secondary N) is 4. The van der Waals surface area contributed by atoms with E-state index in [4.69, 9.17) is 36.0 Å². The van der Waals surface area contributed by atoms with Crippen molar-refractivity contribution in [2.75, 3.05) is 10.6 Å². The molecule has 2 aromatic carbocycles. The van der Waals surface area contributed by atoms with Gasteiger partial charge in [0.1, 0.15) is 5.69 Å². The molecule has 0 saturated heterocycles. The van der Waals surface area contributed by atoms with E-state index in [1.807, 2.05) is 19.1 Å². The molecule has 0 amide bonds. The molecular weight excluding hydrogens is 382 g/mol. The Labute approximate surface area is 159 Å². The zero-order chi connectivity index (χ0) is 18.4. The number of anilines is 2. The first kappa shape index (κ1) is 18.8. The fraction of sp³-hybridized carbons (Fsp3) is 0.0667. The number of hydrogen-bond acceptors (Lipinski definition) is 4. The molecule has 0 spiro atoms. The van der Waals surface area contributed by atoms with Crippen molar-refractivity contribution in [3.63, 3.8) is 0 Å². The number of nitro groups is 1. The summed E-state index contributed by atoms with van der Waals surface area (Å²) >= 11 is 16.3. The molecule has 10 heteroatoms. The Hall–Kier alpha value is -2.49. The molecule has 0 bridgehead atoms. The van der Waals surface area contributed by atoms with Crippen LogP contribution >= 0.6 is 36.0 Å². The largest absolute Gasteiger partial charge is 0.331 e. The first-order valence-electron chi connectivity index (χ1n) is 7.00. The predicted molar refractivity (Wildman–Crippen MR) is 108 cm³/mol. The summed E-state index contributed by atoms with van der Waals surface area (Å²) in [6, 6.07) is 11.6. The van der Waals surface area contributed by atoms with E-state index in [-0.39, 0.29) is 21.6 Å². The Morgan fingerprint density at radius 1 is 1.08 bits per heavy atom. The van der Waals surface area contributed by atoms with Crippen LogP contribution in [0.3, 0.4) is 0 Å². The maximum Gasteiger partial charge on any atom is 0.292 e. The summed E-state index contributed by atoms with van der Waals surface area (Å²) in [6.07, 6.45) is 0. The van der Waals surface area contributed by atoms with Crippen LogP contribution in [0.4, 0.5) is 17.1 Å². The lowest BCUT2D eigenvalue weighted by molar-refractivity contribution is -0.383. The Bertz CT molecular complexity index is 831. The van der Waals surface area contributed by atoms with Gasteiger partial charge in [-0.05, 0) is 55.1 Å². The van der Waals surface area contributed by atoms with E-state index in [0.29, 0.717) is 10.7 Å². The molecular formula is C15H14ClN5O2S2. The molecule has 0 saturated carbocycles. The summed E-state index contributed by atoms with van der Waals surface area (Å²) in [5.74, 6) is 0. The van der Waals surface area contributed by atoms with E-state index >= 15 is 0 Å². The molecule has 0 aliphatic heterocycles. The van der Waals surface area contributed by atoms with Crippen molar-refractivity contribution in [2.45, 2.75) is 6.92 Å². The molecule has 0 unspecified atom stereocenters. The molecule has 0 radical (unpaired) electrons. The van der Waals surface area contributed by atoms with Crippen molar-refractivity contribution in [2.24, 2.45) is 0 Å². The zero-order valence-corrected chi connectivity index (χ0v) is 15.4. The molecule has 0 fully saturated rings. The first-order valence-corrected chi connectivity index (χ1v) is 8.20. The minimum absolute atomic E-state index is 0.0818. The van der Waals surface area contributed by atoms with Crippen LogP contribution in [0.15, 0.2) is 42.5 Å². The van der Waals surface area contributed by atoms with Gasteiger partial charge in [-0.1, -0.05) is 29.8 Å². The predicted octanol–water partition coefficient (Wildman–Crippen LogP) is 3.74. The summed E-state index contributed by atoms with van der Waals surface area (Å²) in [7, 11) is 0. The van der Waals surface area contributed by atoms with Crippen LogP contribution in [-0.2, 0) is 0 Å². The number of hydrogen-bond donors (Lipinski definition) is 4. The molecule has 25 heavy (non-hydrogen) atoms. The van der Waals surface area contributed by atoms with Gasteiger partial charge in [0, 0.05) is 16.8 Å². The maximum atomic E-state index is 11.0. The third-order valence-electron chi connectivity index (χ3n) is 3.07. The minimum Gasteiger partial charge on any atom is -0.331 e. The van der Waals surface area contributed by atoms with Gasteiger partial charge < -0.3 is 10.6 Å². The van der Waals surface area contributed by atoms with Gasteiger partial charge in [-0.3, -0.25) is 21.0 Å². The van der Waals surface area contributed by atoms with Crippen LogP contribution in [0.2, 0.25) is 5.02 Å². The second-order valence-electron chi connectivity index (χ2n) is 4.90. The maximum absolute atomic E-state index is 11.0. The Balaban J connectivity index is 1.88. The second-order valence-corrected chi connectivity index (χ2v) is 6.12. The lowest BCUT2D eigenvalue weighted by Gasteiger charge is -2.14. The molecule has 0 atom stereocenters. The smallest absolute Gasteiger partial charge is 0.292 e. The van der Waals surface area contributed by atoms with Gasteiger partial charge in [-0.2, -0.15) is 0 Å². The standard InChI is InChI=1S/C15H14ClN5O2S2/c1-9-6-7-10(8-11(9)16)17-14(24)19-20-15(25)18-12-4-2-3-5-13(12)21(22)23/h2-8H,1H3,(H2,17,19,24)(H2,18,20,25). The number of hydrazine groups is 1. The fourth-order valence-electron chi connectivity index (χ4n) is 1.84. The van der Waals surface area contributed by atoms with Crippen LogP contribution in [0.25, 0.3) is 0 Å². The zero-order valence-electron chi connectivity index (χ0n) is 13.0. The third kappa shape index (κ3) is 5.52. The van der Waals surface area contributed by atoms with Crippen molar-refractivity contribution >= 4 is 63.3 Å². The molecule has 0 aliphatic carbocycles. The molecule has 4 N–H and O–H groups in total. The highest BCUT2D eigenvalue weighted by molar-refractivity contribution is 7.81. The number of benzene rings is 2. The van der Waals surface area contributed by atoms with Gasteiger partial charge >= 0.3 is 0 Å². The highest BCUT2D eigenvalue weighted by Crippen LogP contribution is 2.23. The molecule has 0 aromatic heterocycles. The number of nitro benzene ring substituents is 1. The molecule has 0 heterocycles. The minimum atomic E-state index is -0.494. The normalized spacial score (nSPS) is 9.84. The number of para-hydroxylation sites is 2. The van der Waals surface area contributed by atoms with Gasteiger partial charge in [0.15, 0.2) is 10.2 Å². The quantitative estimate of drug-likeness (QED) is 0.355. The molecule has 7 nitrogen and oxygen atoms in total.